The average molecular weight is 998 g/mol. The molecular weight excluding hydrogens is 943 g/mol. The minimum absolute atomic E-state index is 0.140. The molecule has 5 aromatic carbocycles. The van der Waals surface area contributed by atoms with Crippen LogP contribution in [0.4, 0.5) is 11.4 Å². The molecule has 0 aliphatic rings. The number of primary amides is 1. The van der Waals surface area contributed by atoms with Crippen LogP contribution in [-0.2, 0) is 30.5 Å². The Morgan fingerprint density at radius 2 is 1.03 bits per heavy atom. The number of rotatable bonds is 21. The molecule has 1 heterocycles. The van der Waals surface area contributed by atoms with Gasteiger partial charge in [-0.3, -0.25) is 55.9 Å². The number of nitrogen functional groups attached to an aromatic ring is 1. The molecule has 1 aromatic heterocycles. The molecule has 6 rings (SSSR count). The summed E-state index contributed by atoms with van der Waals surface area (Å²) in [6, 6.07) is 31.9. The maximum Gasteiger partial charge on any atom is 0.265 e. The molecule has 0 saturated carbocycles. The molecule has 0 radical (unpaired) electrons. The van der Waals surface area contributed by atoms with Gasteiger partial charge in [0.25, 0.3) is 23.6 Å². The zero-order valence-electron chi connectivity index (χ0n) is 38.7. The third-order valence-electron chi connectivity index (χ3n) is 11.0. The number of amides is 5. The molecule has 0 fully saturated rings. The number of nitrogens with one attached hydrogen (secondary N) is 13. The van der Waals surface area contributed by atoms with E-state index < -0.39 is 90.3 Å². The number of aliphatic hydroxyl groups is 1. The van der Waals surface area contributed by atoms with Gasteiger partial charge in [-0.2, -0.15) is 0 Å². The van der Waals surface area contributed by atoms with Crippen molar-refractivity contribution in [3.8, 4) is 0 Å². The molecule has 26 N–H and O–H groups in total. The Morgan fingerprint density at radius 3 is 1.59 bits per heavy atom. The highest BCUT2D eigenvalue weighted by atomic mass is 16.3. The van der Waals surface area contributed by atoms with Gasteiger partial charge in [0.15, 0.2) is 48.5 Å². The topological polar surface area (TPSA) is 481 Å². The fourth-order valence-corrected chi connectivity index (χ4v) is 7.76. The molecule has 0 aliphatic heterocycles. The molecule has 27 heteroatoms. The Bertz CT molecular complexity index is 3090. The number of hydrogen-bond donors (Lipinski definition) is 20. The van der Waals surface area contributed by atoms with Crippen LogP contribution in [0.3, 0.4) is 0 Å². The number of fused-ring (bicyclic) bond motifs is 4. The van der Waals surface area contributed by atoms with E-state index in [4.69, 9.17) is 56.0 Å². The van der Waals surface area contributed by atoms with Gasteiger partial charge in [-0.1, -0.05) is 78.9 Å². The first-order chi connectivity index (χ1) is 34.8. The van der Waals surface area contributed by atoms with Crippen molar-refractivity contribution < 1.29 is 29.1 Å². The largest absolute Gasteiger partial charge is 0.396 e. The summed E-state index contributed by atoms with van der Waals surface area (Å²) in [5, 5.41) is 68.2. The van der Waals surface area contributed by atoms with E-state index in [-0.39, 0.29) is 13.1 Å². The Morgan fingerprint density at radius 1 is 0.548 bits per heavy atom. The lowest BCUT2D eigenvalue weighted by Crippen LogP contribution is -2.68. The van der Waals surface area contributed by atoms with Gasteiger partial charge in [0.1, 0.15) is 12.3 Å². The molecule has 6 atom stereocenters. The van der Waals surface area contributed by atoms with E-state index in [1.54, 1.807) is 59.6 Å². The van der Waals surface area contributed by atoms with Crippen LogP contribution in [0, 0.1) is 21.6 Å². The van der Waals surface area contributed by atoms with Crippen LogP contribution < -0.4 is 87.2 Å². The van der Waals surface area contributed by atoms with E-state index in [1.807, 2.05) is 60.7 Å². The number of carbonyl (C=O) groups excluding carboxylic acids is 5. The Balaban J connectivity index is 1.27. The minimum atomic E-state index is -2.04. The number of pyridine rings is 1. The molecule has 0 aliphatic carbocycles. The number of benzene rings is 5. The second kappa shape index (κ2) is 23.5. The summed E-state index contributed by atoms with van der Waals surface area (Å²) >= 11 is 0. The predicted octanol–water partition coefficient (Wildman–Crippen LogP) is -3.03. The molecule has 0 bridgehead atoms. The van der Waals surface area contributed by atoms with E-state index in [9.17, 15) is 29.1 Å². The van der Waals surface area contributed by atoms with Crippen molar-refractivity contribution in [3.63, 3.8) is 0 Å². The molecule has 6 unspecified atom stereocenters. The highest BCUT2D eigenvalue weighted by molar-refractivity contribution is 6.09. The van der Waals surface area contributed by atoms with Gasteiger partial charge in [0.2, 0.25) is 5.91 Å². The lowest BCUT2D eigenvalue weighted by Gasteiger charge is -2.33. The average Bonchev–Trinajstić information content (AvgIpc) is 3.34. The summed E-state index contributed by atoms with van der Waals surface area (Å²) in [6.45, 7) is -0.153. The quantitative estimate of drug-likeness (QED) is 0.0112. The van der Waals surface area contributed by atoms with E-state index in [1.165, 1.54) is 0 Å². The third-order valence-corrected chi connectivity index (χ3v) is 11.0. The van der Waals surface area contributed by atoms with Crippen LogP contribution >= 0.6 is 0 Å². The summed E-state index contributed by atoms with van der Waals surface area (Å²) in [4.78, 5) is 73.3. The zero-order valence-corrected chi connectivity index (χ0v) is 38.7. The molecule has 380 valence electrons. The molecule has 5 amide bonds. The fraction of sp³-hybridized carbons (Fsp3) is 0.174. The van der Waals surface area contributed by atoms with Crippen molar-refractivity contribution >= 4 is 97.2 Å². The number of nitrogens with two attached hydrogens (primary N) is 6. The van der Waals surface area contributed by atoms with Crippen LogP contribution in [0.25, 0.3) is 32.4 Å². The first-order valence-corrected chi connectivity index (χ1v) is 22.0. The standard InChI is InChI=1S/C46H55N21O6/c47-32-28-15-8-18-57-29(28)16-17-30(32)67(21-24-19-23-11-4-5-12-25(23)27-14-7-6-13-26(24)27)31(68)20-58-33(22-9-2-1-3-10-22)39(70)60-36(64-44(51)52)41(72)62-38(66-46(55)56)42(73)61-37(65-45(53)54)40(71)59-35(34(48)69)63-43(49)50/h1-19,31,33,35-38,58,68H,20-21,47H2,(H2,48,69)(H,59,71)(H,60,70)(H,61,73)(H,62,72)(H4,49,50,63)(H4,51,52,64)(H4,53,54,65)(H4,55,56,66). The van der Waals surface area contributed by atoms with E-state index in [2.05, 4.69) is 52.8 Å². The van der Waals surface area contributed by atoms with Crippen LogP contribution in [0.5, 0.6) is 0 Å². The van der Waals surface area contributed by atoms with Gasteiger partial charge in [-0.15, -0.1) is 0 Å². The normalized spacial score (nSPS) is 13.4. The van der Waals surface area contributed by atoms with Crippen molar-refractivity contribution in [1.29, 1.82) is 21.6 Å². The Kier molecular flexibility index (Phi) is 16.9. The summed E-state index contributed by atoms with van der Waals surface area (Å²) in [6.07, 6.45) is -7.47. The van der Waals surface area contributed by atoms with Gasteiger partial charge in [-0.25, -0.2) is 0 Å². The lowest BCUT2D eigenvalue weighted by atomic mass is 9.96. The van der Waals surface area contributed by atoms with Crippen LogP contribution in [0.15, 0.2) is 115 Å². The molecule has 27 nitrogen and oxygen atoms in total. The maximum absolute atomic E-state index is 14.5. The van der Waals surface area contributed by atoms with Gasteiger partial charge in [-0.05, 0) is 63.0 Å². The summed E-state index contributed by atoms with van der Waals surface area (Å²) < 4.78 is 0. The number of aromatic nitrogens is 1. The second-order valence-corrected chi connectivity index (χ2v) is 16.1. The number of hydrogen-bond acceptors (Lipinski definition) is 14. The number of carbonyl (C=O) groups is 5. The zero-order chi connectivity index (χ0) is 52.9. The van der Waals surface area contributed by atoms with Crippen molar-refractivity contribution in [3.05, 3.63) is 127 Å². The summed E-state index contributed by atoms with van der Waals surface area (Å²) in [7, 11) is 0. The summed E-state index contributed by atoms with van der Waals surface area (Å²) in [5.74, 6) is -9.25. The molecule has 73 heavy (non-hydrogen) atoms. The number of aliphatic hydroxyl groups excluding tert-OH is 1. The molecule has 6 aromatic rings. The predicted molar refractivity (Wildman–Crippen MR) is 274 cm³/mol. The molecule has 0 saturated heterocycles. The number of nitrogens with zero attached hydrogens (tertiary/aromatic N) is 2. The van der Waals surface area contributed by atoms with Crippen LogP contribution in [0.1, 0.15) is 17.2 Å². The molecule has 0 spiro atoms. The van der Waals surface area contributed by atoms with Gasteiger partial charge >= 0.3 is 0 Å². The smallest absolute Gasteiger partial charge is 0.265 e. The van der Waals surface area contributed by atoms with E-state index in [0.29, 0.717) is 27.8 Å². The van der Waals surface area contributed by atoms with E-state index >= 15 is 0 Å². The number of guanidine groups is 4. The third kappa shape index (κ3) is 13.4. The van der Waals surface area contributed by atoms with Gasteiger partial charge in [0.05, 0.1) is 16.9 Å². The minimum Gasteiger partial charge on any atom is -0.396 e. The summed E-state index contributed by atoms with van der Waals surface area (Å²) in [5.41, 5.74) is 36.6. The number of anilines is 2. The highest BCUT2D eigenvalue weighted by Gasteiger charge is 2.34. The lowest BCUT2D eigenvalue weighted by molar-refractivity contribution is -0.135. The molecular formula is C46H55N21O6. The second-order valence-electron chi connectivity index (χ2n) is 16.1. The van der Waals surface area contributed by atoms with Crippen molar-refractivity contribution in [1.82, 2.24) is 52.8 Å². The first kappa shape index (κ1) is 52.4. The van der Waals surface area contributed by atoms with Crippen molar-refractivity contribution in [2.24, 2.45) is 28.7 Å². The van der Waals surface area contributed by atoms with Gasteiger partial charge < -0.3 is 86.9 Å². The Hall–Kier alpha value is -10.0. The van der Waals surface area contributed by atoms with E-state index in [0.717, 1.165) is 27.1 Å². The van der Waals surface area contributed by atoms with Crippen molar-refractivity contribution in [2.45, 2.75) is 43.5 Å². The first-order valence-electron chi connectivity index (χ1n) is 22.0. The Labute approximate surface area is 415 Å². The fourth-order valence-electron chi connectivity index (χ4n) is 7.76. The van der Waals surface area contributed by atoms with Crippen molar-refractivity contribution in [2.75, 3.05) is 17.2 Å². The monoisotopic (exact) mass is 997 g/mol. The van der Waals surface area contributed by atoms with Gasteiger partial charge in [0, 0.05) is 24.7 Å². The van der Waals surface area contributed by atoms with Crippen LogP contribution in [-0.4, -0.2) is 101 Å². The van der Waals surface area contributed by atoms with Crippen LogP contribution in [0.2, 0.25) is 0 Å². The highest BCUT2D eigenvalue weighted by Crippen LogP contribution is 2.35. The SMILES string of the molecule is N=C(N)NC(NC(=O)C(NC(=N)N)NC(=O)C(NC(=N)N)NC(=O)C(NC(=N)N)NC(=O)C(NCC(O)N(Cc1cc2ccccc2c2ccccc12)c1ccc2ncccc2c1N)c1ccccc1)C(N)=O. The maximum atomic E-state index is 14.5.